The zero-order chi connectivity index (χ0) is 24.4. The van der Waals surface area contributed by atoms with Crippen molar-refractivity contribution in [1.29, 1.82) is 0 Å². The molecule has 2 amide bonds. The van der Waals surface area contributed by atoms with Gasteiger partial charge < -0.3 is 19.3 Å². The van der Waals surface area contributed by atoms with Gasteiger partial charge in [0.05, 0.1) is 31.7 Å². The van der Waals surface area contributed by atoms with Gasteiger partial charge in [-0.3, -0.25) is 4.79 Å². The van der Waals surface area contributed by atoms with Crippen LogP contribution in [0.15, 0.2) is 30.6 Å². The maximum Gasteiger partial charge on any atom is 0.320 e. The lowest BCUT2D eigenvalue weighted by molar-refractivity contribution is -0.146. The Morgan fingerprint density at radius 3 is 2.54 bits per heavy atom. The first kappa shape index (κ1) is 22.4. The second kappa shape index (κ2) is 7.96. The third kappa shape index (κ3) is 3.94. The summed E-state index contributed by atoms with van der Waals surface area (Å²) in [6.07, 6.45) is 6.45. The van der Waals surface area contributed by atoms with Crippen molar-refractivity contribution in [3.05, 3.63) is 42.0 Å². The van der Waals surface area contributed by atoms with Crippen LogP contribution in [-0.2, 0) is 14.9 Å². The number of benzene rings is 1. The van der Waals surface area contributed by atoms with E-state index in [4.69, 9.17) is 9.47 Å². The Kier molecular flexibility index (Phi) is 5.09. The van der Waals surface area contributed by atoms with Crippen LogP contribution in [0, 0.1) is 5.41 Å². The van der Waals surface area contributed by atoms with Gasteiger partial charge in [0.15, 0.2) is 5.82 Å². The number of ether oxygens (including phenoxy) is 2. The van der Waals surface area contributed by atoms with Crippen molar-refractivity contribution in [3.63, 3.8) is 0 Å². The van der Waals surface area contributed by atoms with Gasteiger partial charge in [-0.1, -0.05) is 12.1 Å². The minimum Gasteiger partial charge on any atom is -0.487 e. The van der Waals surface area contributed by atoms with Crippen molar-refractivity contribution in [1.82, 2.24) is 24.6 Å². The number of rotatable bonds is 6. The average molecular weight is 480 g/mol. The summed E-state index contributed by atoms with van der Waals surface area (Å²) in [6.45, 7) is 6.50. The summed E-state index contributed by atoms with van der Waals surface area (Å²) in [5.41, 5.74) is 0.352. The SMILES string of the molecule is COC(=O)C(C)(C)c1cccc(OC2CN(C(=O)N3CC4(CC(n5cnc(C6CC6)n5)C4)C3)C2)c1. The maximum absolute atomic E-state index is 12.9. The predicted molar refractivity (Wildman–Crippen MR) is 127 cm³/mol. The summed E-state index contributed by atoms with van der Waals surface area (Å²) in [4.78, 5) is 33.3. The van der Waals surface area contributed by atoms with E-state index in [1.807, 2.05) is 58.9 Å². The molecule has 9 heteroatoms. The van der Waals surface area contributed by atoms with Gasteiger partial charge in [-0.15, -0.1) is 0 Å². The van der Waals surface area contributed by atoms with E-state index in [-0.39, 0.29) is 23.5 Å². The molecule has 3 heterocycles. The van der Waals surface area contributed by atoms with Gasteiger partial charge in [-0.25, -0.2) is 14.5 Å². The largest absolute Gasteiger partial charge is 0.487 e. The normalized spacial score (nSPS) is 21.8. The minimum absolute atomic E-state index is 0.0354. The molecule has 1 aromatic carbocycles. The molecule has 2 aliphatic heterocycles. The van der Waals surface area contributed by atoms with E-state index < -0.39 is 5.41 Å². The summed E-state index contributed by atoms with van der Waals surface area (Å²) in [6, 6.07) is 8.09. The molecule has 35 heavy (non-hydrogen) atoms. The Morgan fingerprint density at radius 2 is 1.86 bits per heavy atom. The van der Waals surface area contributed by atoms with Crippen molar-refractivity contribution in [2.75, 3.05) is 33.3 Å². The number of hydrogen-bond acceptors (Lipinski definition) is 6. The molecule has 186 valence electrons. The van der Waals surface area contributed by atoms with Crippen LogP contribution >= 0.6 is 0 Å². The molecule has 9 nitrogen and oxygen atoms in total. The van der Waals surface area contributed by atoms with Gasteiger partial charge in [0.1, 0.15) is 18.2 Å². The Bertz CT molecular complexity index is 1140. The van der Waals surface area contributed by atoms with Crippen LogP contribution in [0.4, 0.5) is 4.79 Å². The fraction of sp³-hybridized carbons (Fsp3) is 0.615. The summed E-state index contributed by atoms with van der Waals surface area (Å²) in [5, 5.41) is 4.68. The molecule has 2 saturated heterocycles. The second-order valence-electron chi connectivity index (χ2n) is 11.3. The van der Waals surface area contributed by atoms with Gasteiger partial charge in [-0.2, -0.15) is 5.10 Å². The van der Waals surface area contributed by atoms with Crippen LogP contribution < -0.4 is 4.74 Å². The molecule has 1 aromatic heterocycles. The number of methoxy groups -OCH3 is 1. The lowest BCUT2D eigenvalue weighted by Gasteiger charge is -2.59. The Morgan fingerprint density at radius 1 is 1.11 bits per heavy atom. The predicted octanol–water partition coefficient (Wildman–Crippen LogP) is 3.13. The lowest BCUT2D eigenvalue weighted by Crippen LogP contribution is -2.69. The van der Waals surface area contributed by atoms with E-state index in [1.165, 1.54) is 20.0 Å². The van der Waals surface area contributed by atoms with E-state index in [9.17, 15) is 9.59 Å². The highest BCUT2D eigenvalue weighted by atomic mass is 16.5. The number of amides is 2. The van der Waals surface area contributed by atoms with E-state index >= 15 is 0 Å². The maximum atomic E-state index is 12.9. The second-order valence-corrected chi connectivity index (χ2v) is 11.3. The zero-order valence-electron chi connectivity index (χ0n) is 20.6. The van der Waals surface area contributed by atoms with E-state index in [0.29, 0.717) is 30.8 Å². The van der Waals surface area contributed by atoms with Gasteiger partial charge in [0.25, 0.3) is 0 Å². The number of urea groups is 1. The fourth-order valence-electron chi connectivity index (χ4n) is 5.67. The Labute approximate surface area is 205 Å². The monoisotopic (exact) mass is 479 g/mol. The first-order chi connectivity index (χ1) is 16.8. The summed E-state index contributed by atoms with van der Waals surface area (Å²) in [5.74, 6) is 2.01. The molecular weight excluding hydrogens is 446 g/mol. The molecule has 1 spiro atoms. The lowest BCUT2D eigenvalue weighted by atomic mass is 9.61. The Hall–Kier alpha value is -3.10. The van der Waals surface area contributed by atoms with Crippen LogP contribution in [0.5, 0.6) is 5.75 Å². The topological polar surface area (TPSA) is 89.8 Å². The van der Waals surface area contributed by atoms with Crippen LogP contribution in [0.25, 0.3) is 0 Å². The summed E-state index contributed by atoms with van der Waals surface area (Å²) in [7, 11) is 1.40. The van der Waals surface area contributed by atoms with Gasteiger partial charge in [0.2, 0.25) is 0 Å². The van der Waals surface area contributed by atoms with E-state index in [0.717, 1.165) is 37.3 Å². The number of carbonyl (C=O) groups is 2. The van der Waals surface area contributed by atoms with Crippen LogP contribution in [-0.4, -0.2) is 76.0 Å². The van der Waals surface area contributed by atoms with Crippen molar-refractivity contribution in [2.45, 2.75) is 63.0 Å². The number of likely N-dealkylation sites (tertiary alicyclic amines) is 2. The molecule has 0 N–H and O–H groups in total. The standard InChI is InChI=1S/C26H33N5O4/c1-25(2,23(32)34-3)18-5-4-6-20(9-18)35-21-12-29(13-21)24(33)30-14-26(15-30)10-19(11-26)31-16-27-22(28-31)17-7-8-17/h4-6,9,16-17,19,21H,7-8,10-15H2,1-3H3. The van der Waals surface area contributed by atoms with Crippen LogP contribution in [0.2, 0.25) is 0 Å². The summed E-state index contributed by atoms with van der Waals surface area (Å²) >= 11 is 0. The molecule has 2 aliphatic carbocycles. The van der Waals surface area contributed by atoms with Gasteiger partial charge in [0, 0.05) is 24.4 Å². The molecule has 0 radical (unpaired) electrons. The average Bonchev–Trinajstić information content (AvgIpc) is 3.51. The Balaban J connectivity index is 0.957. The number of aromatic nitrogens is 3. The molecule has 2 aromatic rings. The number of carbonyl (C=O) groups excluding carboxylic acids is 2. The van der Waals surface area contributed by atoms with Crippen molar-refractivity contribution in [2.24, 2.45) is 5.41 Å². The molecule has 0 atom stereocenters. The molecule has 6 rings (SSSR count). The first-order valence-corrected chi connectivity index (χ1v) is 12.6. The third-order valence-corrected chi connectivity index (χ3v) is 8.18. The highest BCUT2D eigenvalue weighted by Crippen LogP contribution is 2.54. The molecule has 0 bridgehead atoms. The zero-order valence-corrected chi connectivity index (χ0v) is 20.6. The first-order valence-electron chi connectivity index (χ1n) is 12.6. The third-order valence-electron chi connectivity index (χ3n) is 8.18. The minimum atomic E-state index is -0.753. The molecular formula is C26H33N5O4. The number of esters is 1. The highest BCUT2D eigenvalue weighted by Gasteiger charge is 2.55. The van der Waals surface area contributed by atoms with Crippen molar-refractivity contribution in [3.8, 4) is 5.75 Å². The number of hydrogen-bond donors (Lipinski definition) is 0. The molecule has 4 aliphatic rings. The molecule has 0 unspecified atom stereocenters. The van der Waals surface area contributed by atoms with E-state index in [1.54, 1.807) is 0 Å². The quantitative estimate of drug-likeness (QED) is 0.592. The van der Waals surface area contributed by atoms with Gasteiger partial charge >= 0.3 is 12.0 Å². The highest BCUT2D eigenvalue weighted by molar-refractivity contribution is 5.82. The fourth-order valence-corrected chi connectivity index (χ4v) is 5.67. The van der Waals surface area contributed by atoms with Crippen LogP contribution in [0.1, 0.15) is 62.9 Å². The van der Waals surface area contributed by atoms with Crippen molar-refractivity contribution < 1.29 is 19.1 Å². The summed E-state index contributed by atoms with van der Waals surface area (Å²) < 4.78 is 13.1. The van der Waals surface area contributed by atoms with Crippen molar-refractivity contribution >= 4 is 12.0 Å². The smallest absolute Gasteiger partial charge is 0.320 e. The van der Waals surface area contributed by atoms with Gasteiger partial charge in [-0.05, 0) is 57.2 Å². The van der Waals surface area contributed by atoms with Crippen LogP contribution in [0.3, 0.4) is 0 Å². The molecule has 4 fully saturated rings. The molecule has 2 saturated carbocycles. The number of nitrogens with zero attached hydrogens (tertiary/aromatic N) is 5. The van der Waals surface area contributed by atoms with E-state index in [2.05, 4.69) is 10.1 Å².